The van der Waals surface area contributed by atoms with Gasteiger partial charge in [-0.25, -0.2) is 9.18 Å². The van der Waals surface area contributed by atoms with E-state index in [1.807, 2.05) is 13.8 Å². The molecule has 0 radical (unpaired) electrons. The number of ether oxygens (including phenoxy) is 1. The predicted octanol–water partition coefficient (Wildman–Crippen LogP) is 2.99. The largest absolute Gasteiger partial charge is 0.450 e. The van der Waals surface area contributed by atoms with Crippen molar-refractivity contribution >= 4 is 33.8 Å². The van der Waals surface area contributed by atoms with Crippen molar-refractivity contribution < 1.29 is 23.5 Å². The Morgan fingerprint density at radius 3 is 2.57 bits per heavy atom. The number of halogens is 2. The van der Waals surface area contributed by atoms with Gasteiger partial charge in [0.25, 0.3) is 5.91 Å². The van der Waals surface area contributed by atoms with Gasteiger partial charge in [0.15, 0.2) is 0 Å². The molecule has 0 saturated heterocycles. The highest BCUT2D eigenvalue weighted by Gasteiger charge is 2.16. The first-order chi connectivity index (χ1) is 13.2. The highest BCUT2D eigenvalue weighted by atomic mass is 79.9. The fraction of sp³-hybridized carbons (Fsp3) is 0.526. The van der Waals surface area contributed by atoms with E-state index in [1.54, 1.807) is 6.92 Å². The molecular formula is C19H27BrFN3O4. The number of amides is 3. The van der Waals surface area contributed by atoms with Crippen LogP contribution < -0.4 is 16.0 Å². The lowest BCUT2D eigenvalue weighted by atomic mass is 10.0. The molecule has 1 aromatic rings. The second-order valence-corrected chi connectivity index (χ2v) is 7.48. The Labute approximate surface area is 172 Å². The van der Waals surface area contributed by atoms with Crippen LogP contribution in [0.5, 0.6) is 0 Å². The lowest BCUT2D eigenvalue weighted by molar-refractivity contribution is -0.121. The molecule has 0 aliphatic carbocycles. The average Bonchev–Trinajstić information content (AvgIpc) is 2.61. The molecule has 3 amide bonds. The van der Waals surface area contributed by atoms with Crippen molar-refractivity contribution in [3.63, 3.8) is 0 Å². The highest BCUT2D eigenvalue weighted by Crippen LogP contribution is 2.17. The van der Waals surface area contributed by atoms with Crippen LogP contribution in [0.1, 0.15) is 44.0 Å². The molecule has 9 heteroatoms. The average molecular weight is 460 g/mol. The molecule has 0 heterocycles. The van der Waals surface area contributed by atoms with E-state index in [9.17, 15) is 18.8 Å². The fourth-order valence-electron chi connectivity index (χ4n) is 2.48. The van der Waals surface area contributed by atoms with Gasteiger partial charge in [-0.3, -0.25) is 9.59 Å². The molecule has 0 aliphatic heterocycles. The van der Waals surface area contributed by atoms with Crippen LogP contribution in [0.2, 0.25) is 0 Å². The zero-order chi connectivity index (χ0) is 21.1. The number of alkyl carbamates (subject to hydrolysis) is 1. The SMILES string of the molecule is CCOC(=O)NC(CNC(=O)CCNC(=O)c1cc(F)ccc1Br)CC(C)C. The summed E-state index contributed by atoms with van der Waals surface area (Å²) >= 11 is 3.19. The van der Waals surface area contributed by atoms with Gasteiger partial charge in [-0.05, 0) is 53.4 Å². The van der Waals surface area contributed by atoms with Crippen LogP contribution in [-0.4, -0.2) is 43.6 Å². The number of rotatable bonds is 10. The maximum atomic E-state index is 13.3. The van der Waals surface area contributed by atoms with Crippen LogP contribution in [0.4, 0.5) is 9.18 Å². The summed E-state index contributed by atoms with van der Waals surface area (Å²) < 4.78 is 18.6. The fourth-order valence-corrected chi connectivity index (χ4v) is 2.91. The number of nitrogens with one attached hydrogen (secondary N) is 3. The molecule has 1 atom stereocenters. The summed E-state index contributed by atoms with van der Waals surface area (Å²) in [6.45, 7) is 6.39. The van der Waals surface area contributed by atoms with E-state index in [0.29, 0.717) is 16.8 Å². The van der Waals surface area contributed by atoms with Gasteiger partial charge in [-0.2, -0.15) is 0 Å². The highest BCUT2D eigenvalue weighted by molar-refractivity contribution is 9.10. The van der Waals surface area contributed by atoms with E-state index in [2.05, 4.69) is 31.9 Å². The summed E-state index contributed by atoms with van der Waals surface area (Å²) in [5, 5.41) is 8.05. The summed E-state index contributed by atoms with van der Waals surface area (Å²) in [7, 11) is 0. The second kappa shape index (κ2) is 12.3. The van der Waals surface area contributed by atoms with Gasteiger partial charge in [0.05, 0.1) is 12.2 Å². The van der Waals surface area contributed by atoms with Gasteiger partial charge >= 0.3 is 6.09 Å². The quantitative estimate of drug-likeness (QED) is 0.500. The second-order valence-electron chi connectivity index (χ2n) is 6.63. The van der Waals surface area contributed by atoms with Gasteiger partial charge in [0, 0.05) is 30.0 Å². The zero-order valence-corrected chi connectivity index (χ0v) is 17.9. The third-order valence-corrected chi connectivity index (χ3v) is 4.40. The lowest BCUT2D eigenvalue weighted by Gasteiger charge is -2.20. The van der Waals surface area contributed by atoms with E-state index >= 15 is 0 Å². The van der Waals surface area contributed by atoms with Gasteiger partial charge in [-0.1, -0.05) is 13.8 Å². The molecule has 1 rings (SSSR count). The summed E-state index contributed by atoms with van der Waals surface area (Å²) in [6.07, 6.45) is 0.228. The van der Waals surface area contributed by atoms with Gasteiger partial charge in [0.2, 0.25) is 5.91 Å². The minimum Gasteiger partial charge on any atom is -0.450 e. The van der Waals surface area contributed by atoms with E-state index in [1.165, 1.54) is 12.1 Å². The molecule has 0 aliphatic rings. The van der Waals surface area contributed by atoms with Crippen LogP contribution in [0, 0.1) is 11.7 Å². The number of carbonyl (C=O) groups excluding carboxylic acids is 3. The van der Waals surface area contributed by atoms with Crippen LogP contribution in [0.3, 0.4) is 0 Å². The van der Waals surface area contributed by atoms with Gasteiger partial charge in [-0.15, -0.1) is 0 Å². The molecule has 7 nitrogen and oxygen atoms in total. The van der Waals surface area contributed by atoms with Crippen LogP contribution in [0.25, 0.3) is 0 Å². The number of hydrogen-bond donors (Lipinski definition) is 3. The molecule has 3 N–H and O–H groups in total. The molecule has 1 aromatic carbocycles. The Balaban J connectivity index is 2.42. The van der Waals surface area contributed by atoms with Gasteiger partial charge in [0.1, 0.15) is 5.82 Å². The molecular weight excluding hydrogens is 433 g/mol. The molecule has 0 aromatic heterocycles. The zero-order valence-electron chi connectivity index (χ0n) is 16.3. The van der Waals surface area contributed by atoms with Crippen LogP contribution in [0.15, 0.2) is 22.7 Å². The van der Waals surface area contributed by atoms with Crippen molar-refractivity contribution in [1.82, 2.24) is 16.0 Å². The molecule has 1 unspecified atom stereocenters. The predicted molar refractivity (Wildman–Crippen MR) is 107 cm³/mol. The number of benzene rings is 1. The molecule has 28 heavy (non-hydrogen) atoms. The Bertz CT molecular complexity index is 685. The third kappa shape index (κ3) is 9.16. The third-order valence-electron chi connectivity index (χ3n) is 3.71. The normalized spacial score (nSPS) is 11.6. The summed E-state index contributed by atoms with van der Waals surface area (Å²) in [5.74, 6) is -0.928. The summed E-state index contributed by atoms with van der Waals surface area (Å²) in [4.78, 5) is 35.7. The Kier molecular flexibility index (Phi) is 10.5. The van der Waals surface area contributed by atoms with Gasteiger partial charge < -0.3 is 20.7 Å². The maximum absolute atomic E-state index is 13.3. The van der Waals surface area contributed by atoms with E-state index in [-0.39, 0.29) is 43.6 Å². The van der Waals surface area contributed by atoms with Crippen molar-refractivity contribution in [2.24, 2.45) is 5.92 Å². The van der Waals surface area contributed by atoms with Crippen molar-refractivity contribution in [3.8, 4) is 0 Å². The first kappa shape index (κ1) is 23.9. The first-order valence-electron chi connectivity index (χ1n) is 9.16. The summed E-state index contributed by atoms with van der Waals surface area (Å²) in [5.41, 5.74) is 0.163. The minimum atomic E-state index is -0.518. The van der Waals surface area contributed by atoms with E-state index in [0.717, 1.165) is 6.07 Å². The minimum absolute atomic E-state index is 0.0620. The topological polar surface area (TPSA) is 96.5 Å². The molecule has 0 spiro atoms. The van der Waals surface area contributed by atoms with Crippen molar-refractivity contribution in [3.05, 3.63) is 34.1 Å². The molecule has 156 valence electrons. The van der Waals surface area contributed by atoms with Crippen molar-refractivity contribution in [2.45, 2.75) is 39.7 Å². The van der Waals surface area contributed by atoms with Crippen LogP contribution in [-0.2, 0) is 9.53 Å². The molecule has 0 fully saturated rings. The number of carbonyl (C=O) groups is 3. The molecule has 0 saturated carbocycles. The van der Waals surface area contributed by atoms with E-state index in [4.69, 9.17) is 4.74 Å². The standard InChI is InChI=1S/C19H27BrFN3O4/c1-4-28-19(27)24-14(9-12(2)3)11-23-17(25)7-8-22-18(26)15-10-13(21)5-6-16(15)20/h5-6,10,12,14H,4,7-9,11H2,1-3H3,(H,22,26)(H,23,25)(H,24,27). The Hall–Kier alpha value is -2.16. The maximum Gasteiger partial charge on any atom is 0.407 e. The Morgan fingerprint density at radius 2 is 1.93 bits per heavy atom. The van der Waals surface area contributed by atoms with Crippen molar-refractivity contribution in [1.29, 1.82) is 0 Å². The van der Waals surface area contributed by atoms with E-state index < -0.39 is 17.8 Å². The monoisotopic (exact) mass is 459 g/mol. The number of hydrogen-bond acceptors (Lipinski definition) is 4. The first-order valence-corrected chi connectivity index (χ1v) is 9.95. The smallest absolute Gasteiger partial charge is 0.407 e. The molecule has 0 bridgehead atoms. The van der Waals surface area contributed by atoms with Crippen LogP contribution >= 0.6 is 15.9 Å². The lowest BCUT2D eigenvalue weighted by Crippen LogP contribution is -2.45. The van der Waals surface area contributed by atoms with Crippen molar-refractivity contribution in [2.75, 3.05) is 19.7 Å². The summed E-state index contributed by atoms with van der Waals surface area (Å²) in [6, 6.07) is 3.56. The Morgan fingerprint density at radius 1 is 1.21 bits per heavy atom.